The standard InChI is InChI=1S/C7H14FN.ClH/c1-9-7-5-3-2-4-6(7)8;/h6-7,9H,2-5H2,1H3;1H/t6-,7-;/m0./s1. The lowest BCUT2D eigenvalue weighted by atomic mass is 9.94. The molecule has 1 N–H and O–H groups in total. The third-order valence-corrected chi connectivity index (χ3v) is 2.05. The second-order valence-electron chi connectivity index (χ2n) is 2.70. The van der Waals surface area contributed by atoms with Crippen molar-refractivity contribution < 1.29 is 4.39 Å². The van der Waals surface area contributed by atoms with E-state index in [9.17, 15) is 4.39 Å². The zero-order valence-corrected chi connectivity index (χ0v) is 7.09. The first-order valence-corrected chi connectivity index (χ1v) is 3.66. The maximum absolute atomic E-state index is 12.8. The molecule has 0 unspecified atom stereocenters. The first-order chi connectivity index (χ1) is 4.34. The minimum Gasteiger partial charge on any atom is -0.314 e. The minimum absolute atomic E-state index is 0. The third-order valence-electron chi connectivity index (χ3n) is 2.05. The SMILES string of the molecule is CN[C@H]1CCCC[C@@H]1F.Cl. The number of halogens is 2. The molecule has 0 saturated heterocycles. The Bertz CT molecular complexity index is 89.7. The lowest BCUT2D eigenvalue weighted by Gasteiger charge is -2.24. The van der Waals surface area contributed by atoms with Crippen LogP contribution in [0.3, 0.4) is 0 Å². The fourth-order valence-corrected chi connectivity index (χ4v) is 1.41. The number of nitrogens with one attached hydrogen (secondary N) is 1. The van der Waals surface area contributed by atoms with Crippen molar-refractivity contribution in [1.82, 2.24) is 5.32 Å². The average Bonchev–Trinajstić information content (AvgIpc) is 1.89. The van der Waals surface area contributed by atoms with E-state index in [-0.39, 0.29) is 18.4 Å². The van der Waals surface area contributed by atoms with E-state index in [0.29, 0.717) is 0 Å². The Morgan fingerprint density at radius 1 is 1.30 bits per heavy atom. The molecule has 1 nitrogen and oxygen atoms in total. The number of alkyl halides is 1. The quantitative estimate of drug-likeness (QED) is 0.629. The van der Waals surface area contributed by atoms with E-state index in [1.807, 2.05) is 7.05 Å². The van der Waals surface area contributed by atoms with E-state index in [2.05, 4.69) is 5.32 Å². The molecule has 0 radical (unpaired) electrons. The molecule has 1 rings (SSSR count). The van der Waals surface area contributed by atoms with Crippen molar-refractivity contribution in [3.63, 3.8) is 0 Å². The largest absolute Gasteiger partial charge is 0.314 e. The summed E-state index contributed by atoms with van der Waals surface area (Å²) in [6.45, 7) is 0. The van der Waals surface area contributed by atoms with E-state index in [0.717, 1.165) is 19.3 Å². The zero-order valence-electron chi connectivity index (χ0n) is 6.27. The van der Waals surface area contributed by atoms with Gasteiger partial charge in [0, 0.05) is 6.04 Å². The highest BCUT2D eigenvalue weighted by Gasteiger charge is 2.22. The van der Waals surface area contributed by atoms with E-state index in [4.69, 9.17) is 0 Å². The van der Waals surface area contributed by atoms with E-state index >= 15 is 0 Å². The van der Waals surface area contributed by atoms with Gasteiger partial charge in [-0.25, -0.2) is 4.39 Å². The molecule has 1 aliphatic rings. The maximum atomic E-state index is 12.8. The summed E-state index contributed by atoms with van der Waals surface area (Å²) < 4.78 is 12.8. The Labute approximate surface area is 67.8 Å². The molecule has 0 bridgehead atoms. The summed E-state index contributed by atoms with van der Waals surface area (Å²) in [5, 5.41) is 2.98. The van der Waals surface area contributed by atoms with Gasteiger partial charge in [-0.2, -0.15) is 0 Å². The number of hydrogen-bond donors (Lipinski definition) is 1. The van der Waals surface area contributed by atoms with Crippen LogP contribution in [0.1, 0.15) is 25.7 Å². The molecular formula is C7H15ClFN. The molecule has 1 saturated carbocycles. The summed E-state index contributed by atoms with van der Waals surface area (Å²) in [5.41, 5.74) is 0. The van der Waals surface area contributed by atoms with Gasteiger partial charge in [-0.05, 0) is 19.9 Å². The van der Waals surface area contributed by atoms with E-state index < -0.39 is 6.17 Å². The summed E-state index contributed by atoms with van der Waals surface area (Å²) in [4.78, 5) is 0. The molecule has 0 aromatic carbocycles. The van der Waals surface area contributed by atoms with Gasteiger partial charge in [0.05, 0.1) is 0 Å². The van der Waals surface area contributed by atoms with Crippen LogP contribution in [-0.2, 0) is 0 Å². The second kappa shape index (κ2) is 4.91. The predicted octanol–water partition coefficient (Wildman–Crippen LogP) is 1.91. The van der Waals surface area contributed by atoms with E-state index in [1.54, 1.807) is 0 Å². The van der Waals surface area contributed by atoms with Crippen LogP contribution in [0.15, 0.2) is 0 Å². The van der Waals surface area contributed by atoms with Gasteiger partial charge in [-0.1, -0.05) is 12.8 Å². The van der Waals surface area contributed by atoms with Crippen LogP contribution in [0.2, 0.25) is 0 Å². The van der Waals surface area contributed by atoms with Crippen LogP contribution in [0, 0.1) is 0 Å². The van der Waals surface area contributed by atoms with E-state index in [1.165, 1.54) is 6.42 Å². The normalized spacial score (nSPS) is 33.0. The lowest BCUT2D eigenvalue weighted by molar-refractivity contribution is 0.196. The van der Waals surface area contributed by atoms with Crippen molar-refractivity contribution in [1.29, 1.82) is 0 Å². The van der Waals surface area contributed by atoms with Crippen LogP contribution < -0.4 is 5.32 Å². The van der Waals surface area contributed by atoms with Crippen LogP contribution in [-0.4, -0.2) is 19.3 Å². The molecule has 0 amide bonds. The molecule has 10 heavy (non-hydrogen) atoms. The molecule has 2 atom stereocenters. The Kier molecular flexibility index (Phi) is 5.00. The fraction of sp³-hybridized carbons (Fsp3) is 1.00. The number of hydrogen-bond acceptors (Lipinski definition) is 1. The highest BCUT2D eigenvalue weighted by Crippen LogP contribution is 2.20. The molecule has 0 spiro atoms. The van der Waals surface area contributed by atoms with Crippen molar-refractivity contribution >= 4 is 12.4 Å². The van der Waals surface area contributed by atoms with Gasteiger partial charge in [0.2, 0.25) is 0 Å². The van der Waals surface area contributed by atoms with Crippen LogP contribution >= 0.6 is 12.4 Å². The Morgan fingerprint density at radius 2 is 1.90 bits per heavy atom. The molecular weight excluding hydrogens is 153 g/mol. The zero-order chi connectivity index (χ0) is 6.69. The Hall–Kier alpha value is 0.180. The average molecular weight is 168 g/mol. The van der Waals surface area contributed by atoms with Gasteiger partial charge in [0.1, 0.15) is 6.17 Å². The smallest absolute Gasteiger partial charge is 0.115 e. The molecule has 0 aliphatic heterocycles. The summed E-state index contributed by atoms with van der Waals surface area (Å²) in [5.74, 6) is 0. The van der Waals surface area contributed by atoms with Gasteiger partial charge in [0.15, 0.2) is 0 Å². The summed E-state index contributed by atoms with van der Waals surface area (Å²) >= 11 is 0. The molecule has 0 aromatic rings. The Balaban J connectivity index is 0.000000810. The van der Waals surface area contributed by atoms with Gasteiger partial charge in [0.25, 0.3) is 0 Å². The van der Waals surface area contributed by atoms with Gasteiger partial charge in [-0.3, -0.25) is 0 Å². The summed E-state index contributed by atoms with van der Waals surface area (Å²) in [6.07, 6.45) is 3.43. The fourth-order valence-electron chi connectivity index (χ4n) is 1.41. The first kappa shape index (κ1) is 10.2. The summed E-state index contributed by atoms with van der Waals surface area (Å²) in [7, 11) is 1.84. The summed E-state index contributed by atoms with van der Waals surface area (Å²) in [6, 6.07) is 0.138. The highest BCUT2D eigenvalue weighted by molar-refractivity contribution is 5.85. The molecule has 62 valence electrons. The minimum atomic E-state index is -0.594. The first-order valence-electron chi connectivity index (χ1n) is 3.66. The van der Waals surface area contributed by atoms with Gasteiger partial charge in [-0.15, -0.1) is 12.4 Å². The predicted molar refractivity (Wildman–Crippen MR) is 43.5 cm³/mol. The van der Waals surface area contributed by atoms with Crippen LogP contribution in [0.5, 0.6) is 0 Å². The second-order valence-corrected chi connectivity index (χ2v) is 2.70. The molecule has 0 aromatic heterocycles. The van der Waals surface area contributed by atoms with Crippen LogP contribution in [0.4, 0.5) is 4.39 Å². The maximum Gasteiger partial charge on any atom is 0.115 e. The van der Waals surface area contributed by atoms with Crippen molar-refractivity contribution in [2.24, 2.45) is 0 Å². The molecule has 1 fully saturated rings. The van der Waals surface area contributed by atoms with Gasteiger partial charge < -0.3 is 5.32 Å². The van der Waals surface area contributed by atoms with Crippen molar-refractivity contribution in [2.45, 2.75) is 37.9 Å². The highest BCUT2D eigenvalue weighted by atomic mass is 35.5. The number of rotatable bonds is 1. The molecule has 3 heteroatoms. The Morgan fingerprint density at radius 3 is 2.30 bits per heavy atom. The topological polar surface area (TPSA) is 12.0 Å². The molecule has 0 heterocycles. The van der Waals surface area contributed by atoms with Gasteiger partial charge >= 0.3 is 0 Å². The third kappa shape index (κ3) is 2.43. The van der Waals surface area contributed by atoms with Crippen molar-refractivity contribution in [3.8, 4) is 0 Å². The monoisotopic (exact) mass is 167 g/mol. The van der Waals surface area contributed by atoms with Crippen LogP contribution in [0.25, 0.3) is 0 Å². The molecule has 1 aliphatic carbocycles. The lowest BCUT2D eigenvalue weighted by Crippen LogP contribution is -2.37. The van der Waals surface area contributed by atoms with Crippen molar-refractivity contribution in [2.75, 3.05) is 7.05 Å². The van der Waals surface area contributed by atoms with Crippen molar-refractivity contribution in [3.05, 3.63) is 0 Å².